The van der Waals surface area contributed by atoms with E-state index in [9.17, 15) is 9.59 Å². The van der Waals surface area contributed by atoms with Gasteiger partial charge in [-0.05, 0) is 65.1 Å². The molecule has 6 heteroatoms. The molecule has 2 rings (SSSR count). The minimum atomic E-state index is -0.423. The number of halogens is 2. The molecule has 0 aliphatic carbocycles. The summed E-state index contributed by atoms with van der Waals surface area (Å²) in [5, 5.41) is 3.12. The van der Waals surface area contributed by atoms with E-state index in [2.05, 4.69) is 32.6 Å². The molecule has 2 aromatic carbocycles. The van der Waals surface area contributed by atoms with Crippen molar-refractivity contribution in [2.75, 3.05) is 12.4 Å². The summed E-state index contributed by atoms with van der Waals surface area (Å²) in [6.45, 7) is 0. The van der Waals surface area contributed by atoms with Crippen molar-refractivity contribution in [3.05, 3.63) is 62.2 Å². The van der Waals surface area contributed by atoms with E-state index in [1.165, 1.54) is 7.11 Å². The molecule has 0 saturated carbocycles. The second kappa shape index (κ2) is 6.91. The topological polar surface area (TPSA) is 55.4 Å². The highest BCUT2D eigenvalue weighted by atomic mass is 127. The third-order valence-electron chi connectivity index (χ3n) is 2.74. The van der Waals surface area contributed by atoms with Crippen molar-refractivity contribution in [1.29, 1.82) is 0 Å². The van der Waals surface area contributed by atoms with Gasteiger partial charge < -0.3 is 10.1 Å². The van der Waals surface area contributed by atoms with E-state index in [1.54, 1.807) is 36.4 Å². The fraction of sp³-hybridized carbons (Fsp3) is 0.0667. The molecule has 0 fully saturated rings. The molecule has 21 heavy (non-hydrogen) atoms. The molecule has 0 radical (unpaired) electrons. The van der Waals surface area contributed by atoms with Crippen LogP contribution in [0, 0.1) is 3.57 Å². The van der Waals surface area contributed by atoms with E-state index in [0.29, 0.717) is 21.8 Å². The molecule has 0 spiro atoms. The SMILES string of the molecule is COC(=O)c1ccc(NC(=O)c2cc(I)ccc2Cl)cc1. The minimum Gasteiger partial charge on any atom is -0.465 e. The maximum absolute atomic E-state index is 12.2. The second-order valence-corrected chi connectivity index (χ2v) is 5.80. The van der Waals surface area contributed by atoms with Gasteiger partial charge in [-0.2, -0.15) is 0 Å². The van der Waals surface area contributed by atoms with Gasteiger partial charge in [0.15, 0.2) is 0 Å². The highest BCUT2D eigenvalue weighted by Gasteiger charge is 2.12. The van der Waals surface area contributed by atoms with Crippen LogP contribution in [0.2, 0.25) is 5.02 Å². The summed E-state index contributed by atoms with van der Waals surface area (Å²) in [5.74, 6) is -0.724. The molecular weight excluding hydrogens is 405 g/mol. The average molecular weight is 416 g/mol. The molecule has 0 bridgehead atoms. The van der Waals surface area contributed by atoms with Crippen molar-refractivity contribution in [3.8, 4) is 0 Å². The van der Waals surface area contributed by atoms with E-state index in [4.69, 9.17) is 11.6 Å². The highest BCUT2D eigenvalue weighted by Crippen LogP contribution is 2.20. The summed E-state index contributed by atoms with van der Waals surface area (Å²) in [7, 11) is 1.32. The lowest BCUT2D eigenvalue weighted by Crippen LogP contribution is -2.13. The number of carbonyl (C=O) groups excluding carboxylic acids is 2. The number of hydrogen-bond donors (Lipinski definition) is 1. The molecule has 0 aliphatic rings. The number of carbonyl (C=O) groups is 2. The van der Waals surface area contributed by atoms with Crippen LogP contribution in [0.25, 0.3) is 0 Å². The van der Waals surface area contributed by atoms with E-state index in [-0.39, 0.29) is 5.91 Å². The molecule has 0 atom stereocenters. The largest absolute Gasteiger partial charge is 0.465 e. The van der Waals surface area contributed by atoms with Gasteiger partial charge in [-0.25, -0.2) is 4.79 Å². The van der Waals surface area contributed by atoms with Crippen LogP contribution < -0.4 is 5.32 Å². The molecule has 108 valence electrons. The van der Waals surface area contributed by atoms with Crippen LogP contribution in [0.4, 0.5) is 5.69 Å². The third-order valence-corrected chi connectivity index (χ3v) is 3.74. The Bertz CT molecular complexity index is 686. The van der Waals surface area contributed by atoms with E-state index >= 15 is 0 Å². The number of ether oxygens (including phenoxy) is 1. The lowest BCUT2D eigenvalue weighted by Gasteiger charge is -2.08. The minimum absolute atomic E-state index is 0.302. The Kier molecular flexibility index (Phi) is 5.19. The Balaban J connectivity index is 2.16. The number of benzene rings is 2. The van der Waals surface area contributed by atoms with Gasteiger partial charge in [0.1, 0.15) is 0 Å². The molecule has 1 amide bonds. The summed E-state index contributed by atoms with van der Waals surface area (Å²) < 4.78 is 5.53. The molecule has 0 aromatic heterocycles. The predicted octanol–water partition coefficient (Wildman–Crippen LogP) is 3.98. The van der Waals surface area contributed by atoms with Gasteiger partial charge in [0.2, 0.25) is 0 Å². The summed E-state index contributed by atoms with van der Waals surface area (Å²) >= 11 is 8.13. The smallest absolute Gasteiger partial charge is 0.337 e. The Morgan fingerprint density at radius 3 is 2.43 bits per heavy atom. The fourth-order valence-electron chi connectivity index (χ4n) is 1.68. The van der Waals surface area contributed by atoms with Crippen molar-refractivity contribution in [2.45, 2.75) is 0 Å². The number of amides is 1. The molecule has 0 unspecified atom stereocenters. The number of anilines is 1. The average Bonchev–Trinajstić information content (AvgIpc) is 2.49. The van der Waals surface area contributed by atoms with Crippen molar-refractivity contribution < 1.29 is 14.3 Å². The van der Waals surface area contributed by atoms with Crippen LogP contribution >= 0.6 is 34.2 Å². The number of rotatable bonds is 3. The molecule has 4 nitrogen and oxygen atoms in total. The van der Waals surface area contributed by atoms with Crippen molar-refractivity contribution in [1.82, 2.24) is 0 Å². The maximum atomic E-state index is 12.2. The van der Waals surface area contributed by atoms with Crippen LogP contribution in [0.1, 0.15) is 20.7 Å². The first-order chi connectivity index (χ1) is 10.0. The van der Waals surface area contributed by atoms with Crippen molar-refractivity contribution >= 4 is 51.8 Å². The lowest BCUT2D eigenvalue weighted by atomic mass is 10.2. The van der Waals surface area contributed by atoms with Gasteiger partial charge in [-0.1, -0.05) is 11.6 Å². The molecule has 0 aliphatic heterocycles. The summed E-state index contributed by atoms with van der Waals surface area (Å²) in [5.41, 5.74) is 1.39. The Labute approximate surface area is 140 Å². The summed E-state index contributed by atoms with van der Waals surface area (Å²) in [6, 6.07) is 11.6. The van der Waals surface area contributed by atoms with Crippen molar-refractivity contribution in [2.24, 2.45) is 0 Å². The standard InChI is InChI=1S/C15H11ClINO3/c1-21-15(20)9-2-5-11(6-3-9)18-14(19)12-8-10(17)4-7-13(12)16/h2-8H,1H3,(H,18,19). The molecule has 2 aromatic rings. The van der Waals surface area contributed by atoms with E-state index in [1.807, 2.05) is 6.07 Å². The van der Waals surface area contributed by atoms with Gasteiger partial charge in [0.05, 0.1) is 23.3 Å². The molecule has 0 heterocycles. The monoisotopic (exact) mass is 415 g/mol. The summed E-state index contributed by atoms with van der Waals surface area (Å²) in [6.07, 6.45) is 0. The maximum Gasteiger partial charge on any atom is 0.337 e. The van der Waals surface area contributed by atoms with Crippen LogP contribution in [0.15, 0.2) is 42.5 Å². The predicted molar refractivity (Wildman–Crippen MR) is 89.9 cm³/mol. The molecular formula is C15H11ClINO3. The zero-order valence-electron chi connectivity index (χ0n) is 11.0. The van der Waals surface area contributed by atoms with Crippen molar-refractivity contribution in [3.63, 3.8) is 0 Å². The van der Waals surface area contributed by atoms with E-state index in [0.717, 1.165) is 3.57 Å². The lowest BCUT2D eigenvalue weighted by molar-refractivity contribution is 0.0600. The first kappa shape index (κ1) is 15.8. The molecule has 0 saturated heterocycles. The number of hydrogen-bond acceptors (Lipinski definition) is 3. The zero-order chi connectivity index (χ0) is 15.4. The van der Waals surface area contributed by atoms with Gasteiger partial charge in [-0.15, -0.1) is 0 Å². The van der Waals surface area contributed by atoms with Gasteiger partial charge in [-0.3, -0.25) is 4.79 Å². The van der Waals surface area contributed by atoms with Crippen LogP contribution in [0.3, 0.4) is 0 Å². The number of methoxy groups -OCH3 is 1. The van der Waals surface area contributed by atoms with Crippen LogP contribution in [0.5, 0.6) is 0 Å². The van der Waals surface area contributed by atoms with Crippen LogP contribution in [-0.2, 0) is 4.74 Å². The third kappa shape index (κ3) is 3.95. The number of esters is 1. The quantitative estimate of drug-likeness (QED) is 0.609. The Morgan fingerprint density at radius 2 is 1.81 bits per heavy atom. The zero-order valence-corrected chi connectivity index (χ0v) is 13.9. The molecule has 1 N–H and O–H groups in total. The number of nitrogens with one attached hydrogen (secondary N) is 1. The highest BCUT2D eigenvalue weighted by molar-refractivity contribution is 14.1. The summed E-state index contributed by atoms with van der Waals surface area (Å²) in [4.78, 5) is 23.5. The van der Waals surface area contributed by atoms with E-state index < -0.39 is 5.97 Å². The Hall–Kier alpha value is -1.60. The van der Waals surface area contributed by atoms with Crippen LogP contribution in [-0.4, -0.2) is 19.0 Å². The first-order valence-corrected chi connectivity index (χ1v) is 7.41. The second-order valence-electron chi connectivity index (χ2n) is 4.15. The fourth-order valence-corrected chi connectivity index (χ4v) is 2.37. The van der Waals surface area contributed by atoms with Gasteiger partial charge >= 0.3 is 5.97 Å². The normalized spacial score (nSPS) is 10.0. The van der Waals surface area contributed by atoms with Gasteiger partial charge in [0, 0.05) is 9.26 Å². The first-order valence-electron chi connectivity index (χ1n) is 5.96. The van der Waals surface area contributed by atoms with Gasteiger partial charge in [0.25, 0.3) is 5.91 Å². The Morgan fingerprint density at radius 1 is 1.14 bits per heavy atom.